The van der Waals surface area contributed by atoms with Crippen LogP contribution in [0.3, 0.4) is 0 Å². The second kappa shape index (κ2) is 7.17. The summed E-state index contributed by atoms with van der Waals surface area (Å²) in [4.78, 5) is 12.3. The van der Waals surface area contributed by atoms with Gasteiger partial charge in [-0.15, -0.1) is 0 Å². The Kier molecular flexibility index (Phi) is 5.27. The van der Waals surface area contributed by atoms with Crippen LogP contribution in [0.4, 0.5) is 5.69 Å². The van der Waals surface area contributed by atoms with E-state index in [1.54, 1.807) is 33.5 Å². The number of ether oxygens (including phenoxy) is 3. The van der Waals surface area contributed by atoms with E-state index in [1.807, 2.05) is 0 Å². The molecule has 0 aliphatic carbocycles. The lowest BCUT2D eigenvalue weighted by Gasteiger charge is -2.22. The summed E-state index contributed by atoms with van der Waals surface area (Å²) in [7, 11) is 4.65. The van der Waals surface area contributed by atoms with Crippen molar-refractivity contribution in [2.75, 3.05) is 39.7 Å². The smallest absolute Gasteiger partial charge is 0.228 e. The van der Waals surface area contributed by atoms with Gasteiger partial charge in [0.2, 0.25) is 11.7 Å². The van der Waals surface area contributed by atoms with Gasteiger partial charge in [0.15, 0.2) is 11.5 Å². The normalized spacial score (nSPS) is 18.0. The Morgan fingerprint density at radius 3 is 2.33 bits per heavy atom. The highest BCUT2D eigenvalue weighted by molar-refractivity contribution is 5.93. The number of hydrogen-bond donors (Lipinski definition) is 2. The summed E-state index contributed by atoms with van der Waals surface area (Å²) in [5.74, 6) is 1.56. The fourth-order valence-electron chi connectivity index (χ4n) is 2.47. The van der Waals surface area contributed by atoms with Crippen molar-refractivity contribution < 1.29 is 19.0 Å². The van der Waals surface area contributed by atoms with Gasteiger partial charge in [0, 0.05) is 24.4 Å². The van der Waals surface area contributed by atoms with Crippen LogP contribution in [0, 0.1) is 5.92 Å². The molecule has 2 N–H and O–H groups in total. The molecule has 0 radical (unpaired) electrons. The molecule has 1 aliphatic heterocycles. The third kappa shape index (κ3) is 3.58. The molecule has 0 unspecified atom stereocenters. The third-order valence-corrected chi connectivity index (χ3v) is 3.60. The Morgan fingerprint density at radius 1 is 1.19 bits per heavy atom. The number of carbonyl (C=O) groups excluding carboxylic acids is 1. The minimum absolute atomic E-state index is 0.00200. The Balaban J connectivity index is 2.17. The van der Waals surface area contributed by atoms with E-state index >= 15 is 0 Å². The average Bonchev–Trinajstić information content (AvgIpc) is 2.54. The van der Waals surface area contributed by atoms with Crippen molar-refractivity contribution >= 4 is 11.6 Å². The van der Waals surface area contributed by atoms with Gasteiger partial charge in [-0.25, -0.2) is 0 Å². The summed E-state index contributed by atoms with van der Waals surface area (Å²) in [6.07, 6.45) is 1.93. The van der Waals surface area contributed by atoms with E-state index in [-0.39, 0.29) is 11.8 Å². The number of nitrogens with one attached hydrogen (secondary N) is 2. The van der Waals surface area contributed by atoms with Gasteiger partial charge >= 0.3 is 0 Å². The van der Waals surface area contributed by atoms with Gasteiger partial charge < -0.3 is 24.8 Å². The van der Waals surface area contributed by atoms with Crippen molar-refractivity contribution in [2.24, 2.45) is 5.92 Å². The monoisotopic (exact) mass is 294 g/mol. The number of carbonyl (C=O) groups is 1. The predicted molar refractivity (Wildman–Crippen MR) is 80.3 cm³/mol. The van der Waals surface area contributed by atoms with Gasteiger partial charge in [-0.2, -0.15) is 0 Å². The molecule has 6 nitrogen and oxygen atoms in total. The zero-order valence-corrected chi connectivity index (χ0v) is 12.7. The number of benzene rings is 1. The Bertz CT molecular complexity index is 473. The van der Waals surface area contributed by atoms with Crippen LogP contribution < -0.4 is 24.8 Å². The van der Waals surface area contributed by atoms with Gasteiger partial charge in [0.1, 0.15) is 0 Å². The molecule has 21 heavy (non-hydrogen) atoms. The van der Waals surface area contributed by atoms with Gasteiger partial charge in [-0.1, -0.05) is 0 Å². The minimum atomic E-state index is -0.00200. The fourth-order valence-corrected chi connectivity index (χ4v) is 2.47. The van der Waals surface area contributed by atoms with Crippen molar-refractivity contribution in [3.8, 4) is 17.2 Å². The summed E-state index contributed by atoms with van der Waals surface area (Å²) >= 11 is 0. The zero-order valence-electron chi connectivity index (χ0n) is 12.7. The molecule has 6 heteroatoms. The van der Waals surface area contributed by atoms with Crippen LogP contribution in [0.1, 0.15) is 12.8 Å². The number of rotatable bonds is 5. The van der Waals surface area contributed by atoms with Crippen LogP contribution in [-0.2, 0) is 4.79 Å². The second-order valence-corrected chi connectivity index (χ2v) is 4.95. The summed E-state index contributed by atoms with van der Waals surface area (Å²) in [6.45, 7) is 1.70. The maximum absolute atomic E-state index is 12.3. The molecule has 2 rings (SSSR count). The molecule has 1 atom stereocenters. The maximum Gasteiger partial charge on any atom is 0.228 e. The fraction of sp³-hybridized carbons (Fsp3) is 0.533. The van der Waals surface area contributed by atoms with Gasteiger partial charge in [0.25, 0.3) is 0 Å². The first kappa shape index (κ1) is 15.4. The molecule has 1 fully saturated rings. The molecule has 1 aliphatic rings. The van der Waals surface area contributed by atoms with Crippen molar-refractivity contribution in [1.29, 1.82) is 0 Å². The van der Waals surface area contributed by atoms with Crippen molar-refractivity contribution in [1.82, 2.24) is 5.32 Å². The van der Waals surface area contributed by atoms with E-state index in [9.17, 15) is 4.79 Å². The first-order chi connectivity index (χ1) is 10.2. The van der Waals surface area contributed by atoms with Crippen molar-refractivity contribution in [3.63, 3.8) is 0 Å². The lowest BCUT2D eigenvalue weighted by molar-refractivity contribution is -0.120. The molecule has 1 saturated heterocycles. The first-order valence-electron chi connectivity index (χ1n) is 7.01. The minimum Gasteiger partial charge on any atom is -0.493 e. The molecular formula is C15H22N2O4. The zero-order chi connectivity index (χ0) is 15.2. The van der Waals surface area contributed by atoms with E-state index in [4.69, 9.17) is 14.2 Å². The molecule has 0 bridgehead atoms. The van der Waals surface area contributed by atoms with Crippen LogP contribution >= 0.6 is 0 Å². The molecule has 0 spiro atoms. The summed E-state index contributed by atoms with van der Waals surface area (Å²) in [5.41, 5.74) is 0.639. The average molecular weight is 294 g/mol. The Morgan fingerprint density at radius 2 is 1.86 bits per heavy atom. The summed E-state index contributed by atoms with van der Waals surface area (Å²) in [6, 6.07) is 3.46. The van der Waals surface area contributed by atoms with E-state index in [0.717, 1.165) is 25.9 Å². The van der Waals surface area contributed by atoms with E-state index in [0.29, 0.717) is 22.9 Å². The lowest BCUT2D eigenvalue weighted by Crippen LogP contribution is -2.37. The molecule has 116 valence electrons. The number of methoxy groups -OCH3 is 3. The molecule has 0 aromatic heterocycles. The van der Waals surface area contributed by atoms with E-state index in [1.165, 1.54) is 0 Å². The van der Waals surface area contributed by atoms with Gasteiger partial charge in [0.05, 0.1) is 27.2 Å². The molecule has 1 heterocycles. The maximum atomic E-state index is 12.3. The summed E-state index contributed by atoms with van der Waals surface area (Å²) < 4.78 is 15.8. The summed E-state index contributed by atoms with van der Waals surface area (Å²) in [5, 5.41) is 6.15. The van der Waals surface area contributed by atoms with Gasteiger partial charge in [-0.05, 0) is 19.4 Å². The number of anilines is 1. The Hall–Kier alpha value is -1.95. The van der Waals surface area contributed by atoms with Crippen molar-refractivity contribution in [3.05, 3.63) is 12.1 Å². The van der Waals surface area contributed by atoms with Crippen LogP contribution in [0.15, 0.2) is 12.1 Å². The molecule has 1 aromatic carbocycles. The van der Waals surface area contributed by atoms with E-state index in [2.05, 4.69) is 10.6 Å². The quantitative estimate of drug-likeness (QED) is 0.864. The van der Waals surface area contributed by atoms with Crippen LogP contribution in [0.5, 0.6) is 17.2 Å². The number of piperidine rings is 1. The number of hydrogen-bond acceptors (Lipinski definition) is 5. The van der Waals surface area contributed by atoms with E-state index < -0.39 is 0 Å². The molecule has 0 saturated carbocycles. The highest BCUT2D eigenvalue weighted by Gasteiger charge is 2.22. The molecule has 1 amide bonds. The largest absolute Gasteiger partial charge is 0.493 e. The highest BCUT2D eigenvalue weighted by atomic mass is 16.5. The molecular weight excluding hydrogens is 272 g/mol. The van der Waals surface area contributed by atoms with Crippen LogP contribution in [-0.4, -0.2) is 40.3 Å². The standard InChI is InChI=1S/C15H22N2O4/c1-19-12-7-11(8-13(20-2)14(12)21-3)17-15(18)10-5-4-6-16-9-10/h7-8,10,16H,4-6,9H2,1-3H3,(H,17,18)/t10-/m0/s1. The Labute approximate surface area is 124 Å². The van der Waals surface area contributed by atoms with Crippen LogP contribution in [0.25, 0.3) is 0 Å². The SMILES string of the molecule is COc1cc(NC(=O)[C@H]2CCCNC2)cc(OC)c1OC. The van der Waals surface area contributed by atoms with Gasteiger partial charge in [-0.3, -0.25) is 4.79 Å². The van der Waals surface area contributed by atoms with Crippen molar-refractivity contribution in [2.45, 2.75) is 12.8 Å². The number of amides is 1. The third-order valence-electron chi connectivity index (χ3n) is 3.60. The molecule has 1 aromatic rings. The van der Waals surface area contributed by atoms with Crippen LogP contribution in [0.2, 0.25) is 0 Å². The highest BCUT2D eigenvalue weighted by Crippen LogP contribution is 2.40. The first-order valence-corrected chi connectivity index (χ1v) is 7.01. The predicted octanol–water partition coefficient (Wildman–Crippen LogP) is 1.65. The topological polar surface area (TPSA) is 68.8 Å². The lowest BCUT2D eigenvalue weighted by atomic mass is 9.99. The second-order valence-electron chi connectivity index (χ2n) is 4.95.